The Kier molecular flexibility index (Phi) is 4.14. The zero-order valence-electron chi connectivity index (χ0n) is 16.2. The van der Waals surface area contributed by atoms with E-state index in [1.165, 1.54) is 11.8 Å². The number of aromatic amines is 1. The molecule has 30 heavy (non-hydrogen) atoms. The standard InChI is InChI=1S/C20H19ClN8S/c1-2-11-16(21)15-18(25-11)26-20(27-19(15)28-8-14-17(22)29(14)9-28)30-10-6-13-12(24-7-10)4-3-5-23-13/h3-7,14,17H,2,8-9,22H2,1H3,(H,25,26,27)/t14-,17+,29-/m0/s1. The maximum absolute atomic E-state index is 6.69. The highest BCUT2D eigenvalue weighted by Crippen LogP contribution is 2.40. The van der Waals surface area contributed by atoms with Crippen LogP contribution in [0.3, 0.4) is 0 Å². The molecule has 6 heterocycles. The van der Waals surface area contributed by atoms with Gasteiger partial charge in [0.1, 0.15) is 11.5 Å². The molecule has 2 aliphatic heterocycles. The lowest BCUT2D eigenvalue weighted by molar-refractivity contribution is 0.536. The predicted molar refractivity (Wildman–Crippen MR) is 118 cm³/mol. The van der Waals surface area contributed by atoms with E-state index in [4.69, 9.17) is 27.3 Å². The van der Waals surface area contributed by atoms with E-state index >= 15 is 0 Å². The van der Waals surface area contributed by atoms with Crippen LogP contribution in [0.4, 0.5) is 5.82 Å². The normalized spacial score (nSPS) is 22.8. The monoisotopic (exact) mass is 438 g/mol. The van der Waals surface area contributed by atoms with Crippen LogP contribution in [-0.2, 0) is 6.42 Å². The highest BCUT2D eigenvalue weighted by molar-refractivity contribution is 7.99. The number of halogens is 1. The lowest BCUT2D eigenvalue weighted by Gasteiger charge is -2.21. The third-order valence-corrected chi connectivity index (χ3v) is 7.01. The molecule has 2 fully saturated rings. The van der Waals surface area contributed by atoms with Gasteiger partial charge in [-0.05, 0) is 36.4 Å². The van der Waals surface area contributed by atoms with E-state index in [2.05, 4.69) is 31.7 Å². The van der Waals surface area contributed by atoms with Crippen molar-refractivity contribution in [3.8, 4) is 0 Å². The van der Waals surface area contributed by atoms with Crippen molar-refractivity contribution >= 4 is 51.2 Å². The van der Waals surface area contributed by atoms with Gasteiger partial charge in [-0.25, -0.2) is 9.97 Å². The number of nitrogens with zero attached hydrogens (tertiary/aromatic N) is 6. The molecule has 10 heteroatoms. The Morgan fingerprint density at radius 2 is 2.20 bits per heavy atom. The van der Waals surface area contributed by atoms with Crippen LogP contribution in [-0.4, -0.2) is 55.2 Å². The van der Waals surface area contributed by atoms with Gasteiger partial charge in [0.05, 0.1) is 40.3 Å². The minimum atomic E-state index is 0.163. The summed E-state index contributed by atoms with van der Waals surface area (Å²) in [6.07, 6.45) is 4.57. The second-order valence-electron chi connectivity index (χ2n) is 7.58. The Morgan fingerprint density at radius 1 is 1.30 bits per heavy atom. The van der Waals surface area contributed by atoms with E-state index in [9.17, 15) is 0 Å². The molecular weight excluding hydrogens is 420 g/mol. The number of fused-ring (bicyclic) bond motifs is 3. The van der Waals surface area contributed by atoms with Gasteiger partial charge >= 0.3 is 0 Å². The zero-order valence-corrected chi connectivity index (χ0v) is 17.8. The quantitative estimate of drug-likeness (QED) is 0.370. The lowest BCUT2D eigenvalue weighted by atomic mass is 10.3. The summed E-state index contributed by atoms with van der Waals surface area (Å²) in [6.45, 7) is 3.68. The summed E-state index contributed by atoms with van der Waals surface area (Å²) < 4.78 is 0. The second-order valence-corrected chi connectivity index (χ2v) is 8.99. The largest absolute Gasteiger partial charge is 0.342 e. The van der Waals surface area contributed by atoms with Crippen LogP contribution in [0.1, 0.15) is 12.6 Å². The first-order valence-corrected chi connectivity index (χ1v) is 11.0. The number of hydrogen-bond donors (Lipinski definition) is 2. The maximum Gasteiger partial charge on any atom is 0.196 e. The molecule has 0 unspecified atom stereocenters. The summed E-state index contributed by atoms with van der Waals surface area (Å²) >= 11 is 8.17. The van der Waals surface area contributed by atoms with Crippen molar-refractivity contribution in [3.63, 3.8) is 0 Å². The Balaban J connectivity index is 1.42. The zero-order chi connectivity index (χ0) is 20.4. The van der Waals surface area contributed by atoms with Crippen molar-refractivity contribution in [1.29, 1.82) is 0 Å². The fourth-order valence-corrected chi connectivity index (χ4v) is 5.19. The molecular formula is C20H19ClN8S. The number of aryl methyl sites for hydroxylation is 1. The van der Waals surface area contributed by atoms with Crippen LogP contribution in [0.15, 0.2) is 40.6 Å². The minimum Gasteiger partial charge on any atom is -0.342 e. The summed E-state index contributed by atoms with van der Waals surface area (Å²) in [5.74, 6) is 0.856. The fraction of sp³-hybridized carbons (Fsp3) is 0.300. The molecule has 0 radical (unpaired) electrons. The van der Waals surface area contributed by atoms with E-state index in [1.54, 1.807) is 6.20 Å². The molecule has 2 saturated heterocycles. The van der Waals surface area contributed by atoms with Crippen LogP contribution in [0.2, 0.25) is 5.02 Å². The van der Waals surface area contributed by atoms with Crippen LogP contribution < -0.4 is 10.6 Å². The molecule has 4 aromatic rings. The first-order valence-electron chi connectivity index (χ1n) is 9.85. The molecule has 0 bridgehead atoms. The summed E-state index contributed by atoms with van der Waals surface area (Å²) in [5, 5.41) is 2.23. The molecule has 6 rings (SSSR count). The van der Waals surface area contributed by atoms with Crippen LogP contribution >= 0.6 is 23.4 Å². The highest BCUT2D eigenvalue weighted by atomic mass is 35.5. The van der Waals surface area contributed by atoms with Crippen molar-refractivity contribution in [1.82, 2.24) is 29.8 Å². The average Bonchev–Trinajstić information content (AvgIpc) is 3.10. The van der Waals surface area contributed by atoms with Gasteiger partial charge in [-0.3, -0.25) is 14.9 Å². The number of anilines is 1. The summed E-state index contributed by atoms with van der Waals surface area (Å²) in [4.78, 5) is 27.4. The Morgan fingerprint density at radius 3 is 3.00 bits per heavy atom. The van der Waals surface area contributed by atoms with Gasteiger partial charge in [0.15, 0.2) is 5.16 Å². The molecule has 0 spiro atoms. The number of pyridine rings is 2. The molecule has 0 aromatic carbocycles. The molecule has 8 nitrogen and oxygen atoms in total. The van der Waals surface area contributed by atoms with Gasteiger partial charge in [-0.15, -0.1) is 0 Å². The van der Waals surface area contributed by atoms with Crippen molar-refractivity contribution in [2.24, 2.45) is 5.73 Å². The van der Waals surface area contributed by atoms with Gasteiger partial charge in [0.2, 0.25) is 0 Å². The third kappa shape index (κ3) is 2.84. The molecule has 2 aliphatic rings. The van der Waals surface area contributed by atoms with Gasteiger partial charge in [0.25, 0.3) is 0 Å². The van der Waals surface area contributed by atoms with Gasteiger partial charge in [0, 0.05) is 29.5 Å². The number of nitrogens with two attached hydrogens (primary N) is 1. The van der Waals surface area contributed by atoms with E-state index in [-0.39, 0.29) is 6.17 Å². The number of rotatable bonds is 4. The molecule has 3 N–H and O–H groups in total. The van der Waals surface area contributed by atoms with E-state index in [1.807, 2.05) is 24.4 Å². The summed E-state index contributed by atoms with van der Waals surface area (Å²) in [6, 6.07) is 6.23. The van der Waals surface area contributed by atoms with Crippen molar-refractivity contribution in [2.45, 2.75) is 35.6 Å². The van der Waals surface area contributed by atoms with Gasteiger partial charge in [-0.1, -0.05) is 18.5 Å². The number of H-pyrrole nitrogens is 1. The SMILES string of the molecule is CCc1[nH]c2nc(Sc3cnc4cccnc4c3)nc(N3C[C@H]4[C@H](N)[N@@]4C3)c2c1Cl. The van der Waals surface area contributed by atoms with E-state index in [0.29, 0.717) is 16.2 Å². The Hall–Kier alpha value is -2.46. The van der Waals surface area contributed by atoms with Crippen LogP contribution in [0.5, 0.6) is 0 Å². The fourth-order valence-electron chi connectivity index (χ4n) is 4.08. The third-order valence-electron chi connectivity index (χ3n) is 5.77. The molecule has 4 aromatic heterocycles. The van der Waals surface area contributed by atoms with Crippen molar-refractivity contribution < 1.29 is 0 Å². The van der Waals surface area contributed by atoms with Crippen LogP contribution in [0.25, 0.3) is 22.1 Å². The maximum atomic E-state index is 6.69. The van der Waals surface area contributed by atoms with Crippen LogP contribution in [0, 0.1) is 0 Å². The summed E-state index contributed by atoms with van der Waals surface area (Å²) in [7, 11) is 0. The Bertz CT molecular complexity index is 1280. The van der Waals surface area contributed by atoms with E-state index in [0.717, 1.165) is 58.1 Å². The number of hydrogen-bond acceptors (Lipinski definition) is 8. The first kappa shape index (κ1) is 18.3. The van der Waals surface area contributed by atoms with Gasteiger partial charge in [-0.2, -0.15) is 0 Å². The molecule has 0 saturated carbocycles. The summed E-state index contributed by atoms with van der Waals surface area (Å²) in [5.41, 5.74) is 9.52. The predicted octanol–water partition coefficient (Wildman–Crippen LogP) is 3.01. The van der Waals surface area contributed by atoms with E-state index < -0.39 is 0 Å². The average molecular weight is 439 g/mol. The lowest BCUT2D eigenvalue weighted by Crippen LogP contribution is -2.31. The highest BCUT2D eigenvalue weighted by Gasteiger charge is 2.52. The first-order chi connectivity index (χ1) is 14.6. The minimum absolute atomic E-state index is 0.163. The smallest absolute Gasteiger partial charge is 0.196 e. The molecule has 152 valence electrons. The van der Waals surface area contributed by atoms with Crippen molar-refractivity contribution in [3.05, 3.63) is 41.3 Å². The molecule has 0 amide bonds. The van der Waals surface area contributed by atoms with Crippen molar-refractivity contribution in [2.75, 3.05) is 18.1 Å². The Labute approximate surface area is 181 Å². The second kappa shape index (κ2) is 6.78. The molecule has 0 aliphatic carbocycles. The topological polar surface area (TPSA) is 99.6 Å². The number of nitrogens with one attached hydrogen (secondary N) is 1. The number of aromatic nitrogens is 5. The van der Waals surface area contributed by atoms with Gasteiger partial charge < -0.3 is 15.6 Å². The molecule has 3 atom stereocenters.